The van der Waals surface area contributed by atoms with Gasteiger partial charge in [0.05, 0.1) is 24.1 Å². The molecular formula is C28H22ClN3O5S2. The zero-order chi connectivity index (χ0) is 28.3. The average Bonchev–Trinajstić information content (AvgIpc) is 3.18. The predicted octanol–water partition coefficient (Wildman–Crippen LogP) is 4.92. The molecule has 1 amide bonds. The van der Waals surface area contributed by atoms with E-state index in [-0.39, 0.29) is 42.1 Å². The number of rotatable bonds is 8. The SMILES string of the molecule is COc1ccc(/C=C2\SC(=S)N(CCC(=O)c3c(C)c(C#N)c(=O)n(Cc4ccccc4Cl)c3O)C2=O)cc1. The Balaban J connectivity index is 1.57. The number of aromatic hydroxyl groups is 1. The molecule has 0 saturated carbocycles. The predicted molar refractivity (Wildman–Crippen MR) is 154 cm³/mol. The number of carbonyl (C=O) groups is 2. The summed E-state index contributed by atoms with van der Waals surface area (Å²) in [6, 6.07) is 15.8. The molecule has 0 spiro atoms. The summed E-state index contributed by atoms with van der Waals surface area (Å²) in [6.07, 6.45) is 1.52. The zero-order valence-corrected chi connectivity index (χ0v) is 23.3. The normalized spacial score (nSPS) is 14.1. The number of methoxy groups -OCH3 is 1. The van der Waals surface area contributed by atoms with Crippen LogP contribution in [0.25, 0.3) is 6.08 Å². The Morgan fingerprint density at radius 1 is 1.21 bits per heavy atom. The molecule has 0 atom stereocenters. The molecular weight excluding hydrogens is 558 g/mol. The number of pyridine rings is 1. The number of ketones is 1. The molecule has 2 heterocycles. The molecule has 1 aliphatic rings. The molecule has 3 aromatic rings. The molecule has 1 fully saturated rings. The molecule has 1 aromatic heterocycles. The van der Waals surface area contributed by atoms with Gasteiger partial charge in [-0.15, -0.1) is 0 Å². The molecule has 198 valence electrons. The number of carbonyl (C=O) groups excluding carboxylic acids is 2. The molecule has 0 unspecified atom stereocenters. The third kappa shape index (κ3) is 5.76. The summed E-state index contributed by atoms with van der Waals surface area (Å²) in [5, 5.41) is 21.0. The van der Waals surface area contributed by atoms with Gasteiger partial charge in [-0.1, -0.05) is 65.9 Å². The second-order valence-corrected chi connectivity index (χ2v) is 10.7. The van der Waals surface area contributed by atoms with Crippen molar-refractivity contribution < 1.29 is 19.4 Å². The van der Waals surface area contributed by atoms with E-state index >= 15 is 0 Å². The van der Waals surface area contributed by atoms with Crippen LogP contribution in [0, 0.1) is 18.3 Å². The maximum atomic E-state index is 13.3. The van der Waals surface area contributed by atoms with Crippen molar-refractivity contribution in [1.82, 2.24) is 9.47 Å². The third-order valence-electron chi connectivity index (χ3n) is 6.21. The summed E-state index contributed by atoms with van der Waals surface area (Å²) in [6.45, 7) is 1.27. The van der Waals surface area contributed by atoms with E-state index in [9.17, 15) is 24.8 Å². The molecule has 0 radical (unpaired) electrons. The van der Waals surface area contributed by atoms with Crippen LogP contribution in [0.4, 0.5) is 0 Å². The number of ether oxygens (including phenoxy) is 1. The summed E-state index contributed by atoms with van der Waals surface area (Å²) < 4.78 is 6.41. The number of halogens is 1. The first-order valence-corrected chi connectivity index (χ1v) is 13.3. The van der Waals surface area contributed by atoms with Crippen molar-refractivity contribution >= 4 is 57.7 Å². The fourth-order valence-corrected chi connectivity index (χ4v) is 5.62. The van der Waals surface area contributed by atoms with Gasteiger partial charge in [0.15, 0.2) is 5.78 Å². The summed E-state index contributed by atoms with van der Waals surface area (Å²) in [4.78, 5) is 41.0. The summed E-state index contributed by atoms with van der Waals surface area (Å²) in [5.41, 5.74) is 0.255. The first-order valence-electron chi connectivity index (χ1n) is 11.7. The second kappa shape index (κ2) is 11.9. The number of aromatic nitrogens is 1. The van der Waals surface area contributed by atoms with Crippen molar-refractivity contribution in [2.75, 3.05) is 13.7 Å². The highest BCUT2D eigenvalue weighted by atomic mass is 35.5. The fourth-order valence-electron chi connectivity index (χ4n) is 4.11. The number of hydrogen-bond donors (Lipinski definition) is 1. The summed E-state index contributed by atoms with van der Waals surface area (Å²) >= 11 is 12.7. The summed E-state index contributed by atoms with van der Waals surface area (Å²) in [7, 11) is 1.57. The number of thioether (sulfide) groups is 1. The Bertz CT molecular complexity index is 1620. The monoisotopic (exact) mass is 579 g/mol. The van der Waals surface area contributed by atoms with Crippen LogP contribution in [0.15, 0.2) is 58.2 Å². The van der Waals surface area contributed by atoms with Crippen molar-refractivity contribution in [2.45, 2.75) is 19.9 Å². The lowest BCUT2D eigenvalue weighted by Gasteiger charge is -2.18. The van der Waals surface area contributed by atoms with E-state index in [2.05, 4.69) is 0 Å². The number of nitrogens with zero attached hydrogens (tertiary/aromatic N) is 3. The molecule has 0 bridgehead atoms. The van der Waals surface area contributed by atoms with E-state index in [0.717, 1.165) is 21.9 Å². The van der Waals surface area contributed by atoms with Gasteiger partial charge in [0.25, 0.3) is 11.5 Å². The van der Waals surface area contributed by atoms with Gasteiger partial charge in [-0.3, -0.25) is 23.9 Å². The minimum atomic E-state index is -0.732. The quantitative estimate of drug-likeness (QED) is 0.227. The maximum Gasteiger partial charge on any atom is 0.271 e. The van der Waals surface area contributed by atoms with Crippen molar-refractivity contribution in [3.8, 4) is 17.7 Å². The third-order valence-corrected chi connectivity index (χ3v) is 7.96. The van der Waals surface area contributed by atoms with Crippen LogP contribution in [0.2, 0.25) is 5.02 Å². The lowest BCUT2D eigenvalue weighted by Crippen LogP contribution is -2.31. The Hall–Kier alpha value is -3.91. The van der Waals surface area contributed by atoms with Gasteiger partial charge >= 0.3 is 0 Å². The van der Waals surface area contributed by atoms with Gasteiger partial charge in [0, 0.05) is 18.0 Å². The fraction of sp³-hybridized carbons (Fsp3) is 0.179. The summed E-state index contributed by atoms with van der Waals surface area (Å²) in [5.74, 6) is -0.751. The first kappa shape index (κ1) is 28.1. The van der Waals surface area contributed by atoms with E-state index in [1.807, 2.05) is 18.2 Å². The molecule has 8 nitrogen and oxygen atoms in total. The van der Waals surface area contributed by atoms with Crippen molar-refractivity contribution in [3.63, 3.8) is 0 Å². The Labute approximate surface area is 239 Å². The lowest BCUT2D eigenvalue weighted by molar-refractivity contribution is -0.122. The highest BCUT2D eigenvalue weighted by molar-refractivity contribution is 8.26. The van der Waals surface area contributed by atoms with Crippen LogP contribution in [-0.2, 0) is 11.3 Å². The van der Waals surface area contributed by atoms with Gasteiger partial charge in [0.2, 0.25) is 5.88 Å². The van der Waals surface area contributed by atoms with E-state index in [0.29, 0.717) is 25.6 Å². The van der Waals surface area contributed by atoms with E-state index in [1.165, 1.54) is 11.8 Å². The Morgan fingerprint density at radius 3 is 2.54 bits per heavy atom. The van der Waals surface area contributed by atoms with Gasteiger partial charge in [0.1, 0.15) is 21.7 Å². The van der Waals surface area contributed by atoms with Crippen LogP contribution >= 0.6 is 35.6 Å². The molecule has 4 rings (SSSR count). The van der Waals surface area contributed by atoms with Crippen LogP contribution in [0.1, 0.15) is 39.0 Å². The number of Topliss-reactive ketones (excluding diaryl/α,β-unsaturated/α-hetero) is 1. The minimum absolute atomic E-state index is 0.0339. The number of benzene rings is 2. The molecule has 1 aliphatic heterocycles. The number of amides is 1. The number of hydrogen-bond acceptors (Lipinski definition) is 8. The van der Waals surface area contributed by atoms with Gasteiger partial charge in [-0.05, 0) is 47.9 Å². The zero-order valence-electron chi connectivity index (χ0n) is 20.9. The standard InChI is InChI=1S/C28H22ClN3O5S2/c1-16-20(14-30)25(34)32(15-18-5-3-4-6-21(18)29)27(36)24(16)22(33)11-12-31-26(35)23(39-28(31)38)13-17-7-9-19(37-2)10-8-17/h3-10,13,36H,11-12,15H2,1-2H3/b23-13-. The average molecular weight is 580 g/mol. The van der Waals surface area contributed by atoms with Crippen molar-refractivity contribution in [3.05, 3.63) is 96.6 Å². The maximum absolute atomic E-state index is 13.3. The largest absolute Gasteiger partial charge is 0.497 e. The van der Waals surface area contributed by atoms with Crippen LogP contribution in [-0.4, -0.2) is 44.2 Å². The van der Waals surface area contributed by atoms with Gasteiger partial charge in [-0.2, -0.15) is 5.26 Å². The Kier molecular flexibility index (Phi) is 8.55. The van der Waals surface area contributed by atoms with E-state index in [4.69, 9.17) is 28.6 Å². The first-order chi connectivity index (χ1) is 18.7. The van der Waals surface area contributed by atoms with Crippen LogP contribution in [0.5, 0.6) is 11.6 Å². The topological polar surface area (TPSA) is 113 Å². The van der Waals surface area contributed by atoms with Crippen molar-refractivity contribution in [2.24, 2.45) is 0 Å². The second-order valence-electron chi connectivity index (χ2n) is 8.57. The van der Waals surface area contributed by atoms with Gasteiger partial charge < -0.3 is 9.84 Å². The Morgan fingerprint density at radius 2 is 1.90 bits per heavy atom. The number of thiocarbonyl (C=S) groups is 1. The smallest absolute Gasteiger partial charge is 0.271 e. The molecule has 1 N–H and O–H groups in total. The highest BCUT2D eigenvalue weighted by Crippen LogP contribution is 2.33. The molecule has 1 saturated heterocycles. The van der Waals surface area contributed by atoms with E-state index in [1.54, 1.807) is 49.6 Å². The molecule has 0 aliphatic carbocycles. The highest BCUT2D eigenvalue weighted by Gasteiger charge is 2.33. The molecule has 11 heteroatoms. The molecule has 39 heavy (non-hydrogen) atoms. The van der Waals surface area contributed by atoms with Gasteiger partial charge in [-0.25, -0.2) is 0 Å². The number of nitriles is 1. The van der Waals surface area contributed by atoms with E-state index < -0.39 is 17.2 Å². The lowest BCUT2D eigenvalue weighted by atomic mass is 9.99. The van der Waals surface area contributed by atoms with Crippen molar-refractivity contribution in [1.29, 1.82) is 5.26 Å². The minimum Gasteiger partial charge on any atom is -0.497 e. The van der Waals surface area contributed by atoms with Crippen LogP contribution in [0.3, 0.4) is 0 Å². The van der Waals surface area contributed by atoms with Crippen LogP contribution < -0.4 is 10.3 Å². The molecule has 2 aromatic carbocycles.